The minimum atomic E-state index is 0.206. The molecule has 0 atom stereocenters. The van der Waals surface area contributed by atoms with Crippen LogP contribution >= 0.6 is 0 Å². The second-order valence-corrected chi connectivity index (χ2v) is 10.4. The standard InChI is InChI=1S/C27H40N4O/c1-3-30(19-20-10-16-31(17-11-20)22-12-14-29(2)15-13-22)27(32)21-8-9-26-24(18-21)23-6-4-5-7-25(23)28-26/h8-9,18,20,22,28H,3-7,10-17,19H2,1-2H3. The van der Waals surface area contributed by atoms with Crippen molar-refractivity contribution < 1.29 is 4.79 Å². The lowest BCUT2D eigenvalue weighted by Crippen LogP contribution is -2.48. The average molecular weight is 437 g/mol. The van der Waals surface area contributed by atoms with E-state index in [1.54, 1.807) is 0 Å². The number of H-pyrrole nitrogens is 1. The minimum Gasteiger partial charge on any atom is -0.358 e. The van der Waals surface area contributed by atoms with Crippen molar-refractivity contribution in [1.82, 2.24) is 19.7 Å². The number of carbonyl (C=O) groups is 1. The Balaban J connectivity index is 1.21. The van der Waals surface area contributed by atoms with Crippen molar-refractivity contribution in [2.45, 2.75) is 64.3 Å². The maximum Gasteiger partial charge on any atom is 0.253 e. The molecule has 5 rings (SSSR count). The van der Waals surface area contributed by atoms with E-state index in [0.29, 0.717) is 5.92 Å². The smallest absolute Gasteiger partial charge is 0.253 e. The summed E-state index contributed by atoms with van der Waals surface area (Å²) < 4.78 is 0. The summed E-state index contributed by atoms with van der Waals surface area (Å²) in [5, 5.41) is 1.27. The van der Waals surface area contributed by atoms with Gasteiger partial charge in [0.05, 0.1) is 0 Å². The number of fused-ring (bicyclic) bond motifs is 3. The van der Waals surface area contributed by atoms with Gasteiger partial charge in [-0.2, -0.15) is 0 Å². The van der Waals surface area contributed by atoms with Crippen LogP contribution in [-0.4, -0.2) is 77.9 Å². The van der Waals surface area contributed by atoms with Crippen LogP contribution in [0.25, 0.3) is 10.9 Å². The van der Waals surface area contributed by atoms with E-state index in [-0.39, 0.29) is 5.91 Å². The molecular formula is C27H40N4O. The Morgan fingerprint density at radius 1 is 1.06 bits per heavy atom. The zero-order chi connectivity index (χ0) is 22.1. The molecule has 0 bridgehead atoms. The quantitative estimate of drug-likeness (QED) is 0.759. The highest BCUT2D eigenvalue weighted by molar-refractivity contribution is 5.99. The number of hydrogen-bond acceptors (Lipinski definition) is 3. The monoisotopic (exact) mass is 436 g/mol. The van der Waals surface area contributed by atoms with Crippen LogP contribution in [0.4, 0.5) is 0 Å². The molecule has 0 radical (unpaired) electrons. The number of benzene rings is 1. The first-order valence-corrected chi connectivity index (χ1v) is 13.0. The summed E-state index contributed by atoms with van der Waals surface area (Å²) in [7, 11) is 2.24. The Hall–Kier alpha value is -1.85. The van der Waals surface area contributed by atoms with E-state index in [9.17, 15) is 4.79 Å². The third-order valence-corrected chi connectivity index (χ3v) is 8.35. The van der Waals surface area contributed by atoms with Crippen LogP contribution in [0.1, 0.15) is 67.1 Å². The minimum absolute atomic E-state index is 0.206. The Bertz CT molecular complexity index is 935. The van der Waals surface area contributed by atoms with E-state index in [0.717, 1.165) is 37.5 Å². The molecule has 174 valence electrons. The number of rotatable bonds is 5. The largest absolute Gasteiger partial charge is 0.358 e. The summed E-state index contributed by atoms with van der Waals surface area (Å²) in [6.45, 7) is 8.69. The number of likely N-dealkylation sites (tertiary alicyclic amines) is 2. The van der Waals surface area contributed by atoms with E-state index in [2.05, 4.69) is 45.8 Å². The van der Waals surface area contributed by atoms with Crippen LogP contribution in [0, 0.1) is 5.92 Å². The molecule has 5 heteroatoms. The highest BCUT2D eigenvalue weighted by atomic mass is 16.2. The molecule has 0 unspecified atom stereocenters. The fraction of sp³-hybridized carbons (Fsp3) is 0.667. The Morgan fingerprint density at radius 2 is 1.81 bits per heavy atom. The van der Waals surface area contributed by atoms with Crippen molar-refractivity contribution in [3.63, 3.8) is 0 Å². The molecule has 1 aliphatic carbocycles. The first-order chi connectivity index (χ1) is 15.6. The maximum atomic E-state index is 13.4. The number of piperidine rings is 2. The van der Waals surface area contributed by atoms with Crippen LogP contribution in [0.15, 0.2) is 18.2 Å². The van der Waals surface area contributed by atoms with E-state index in [4.69, 9.17) is 0 Å². The molecule has 3 heterocycles. The van der Waals surface area contributed by atoms with Crippen LogP contribution in [0.3, 0.4) is 0 Å². The first kappa shape index (κ1) is 22.0. The highest BCUT2D eigenvalue weighted by Crippen LogP contribution is 2.30. The number of nitrogens with one attached hydrogen (secondary N) is 1. The summed E-state index contributed by atoms with van der Waals surface area (Å²) >= 11 is 0. The van der Waals surface area contributed by atoms with Gasteiger partial charge in [0.2, 0.25) is 0 Å². The molecule has 2 saturated heterocycles. The zero-order valence-corrected chi connectivity index (χ0v) is 20.0. The molecule has 1 N–H and O–H groups in total. The molecule has 2 aliphatic heterocycles. The van der Waals surface area contributed by atoms with Crippen molar-refractivity contribution >= 4 is 16.8 Å². The number of carbonyl (C=O) groups excluding carboxylic acids is 1. The molecule has 2 aromatic rings. The number of aromatic nitrogens is 1. The molecule has 5 nitrogen and oxygen atoms in total. The number of aromatic amines is 1. The molecular weight excluding hydrogens is 396 g/mol. The molecule has 2 fully saturated rings. The number of amides is 1. The van der Waals surface area contributed by atoms with E-state index >= 15 is 0 Å². The molecule has 1 aromatic heterocycles. The molecule has 1 aromatic carbocycles. The Kier molecular flexibility index (Phi) is 6.56. The second kappa shape index (κ2) is 9.56. The van der Waals surface area contributed by atoms with Gasteiger partial charge in [-0.1, -0.05) is 0 Å². The molecule has 0 saturated carbocycles. The fourth-order valence-corrected chi connectivity index (χ4v) is 6.25. The lowest BCUT2D eigenvalue weighted by Gasteiger charge is -2.41. The third-order valence-electron chi connectivity index (χ3n) is 8.35. The normalized spacial score (nSPS) is 21.7. The molecule has 32 heavy (non-hydrogen) atoms. The number of hydrogen-bond donors (Lipinski definition) is 1. The summed E-state index contributed by atoms with van der Waals surface area (Å²) in [4.78, 5) is 24.3. The third kappa shape index (κ3) is 4.47. The van der Waals surface area contributed by atoms with Gasteiger partial charge < -0.3 is 19.7 Å². The van der Waals surface area contributed by atoms with Gasteiger partial charge >= 0.3 is 0 Å². The van der Waals surface area contributed by atoms with Crippen LogP contribution in [0.2, 0.25) is 0 Å². The number of nitrogens with zero attached hydrogens (tertiary/aromatic N) is 3. The lowest BCUT2D eigenvalue weighted by atomic mass is 9.92. The van der Waals surface area contributed by atoms with Gasteiger partial charge in [0.25, 0.3) is 5.91 Å². The van der Waals surface area contributed by atoms with E-state index in [1.165, 1.54) is 86.9 Å². The molecule has 1 amide bonds. The average Bonchev–Trinajstić information content (AvgIpc) is 3.21. The van der Waals surface area contributed by atoms with E-state index < -0.39 is 0 Å². The van der Waals surface area contributed by atoms with Crippen LogP contribution in [-0.2, 0) is 12.8 Å². The summed E-state index contributed by atoms with van der Waals surface area (Å²) in [5.41, 5.74) is 4.89. The Labute approximate surface area is 193 Å². The van der Waals surface area contributed by atoms with Gasteiger partial charge in [-0.3, -0.25) is 4.79 Å². The zero-order valence-electron chi connectivity index (χ0n) is 20.0. The predicted molar refractivity (Wildman–Crippen MR) is 131 cm³/mol. The summed E-state index contributed by atoms with van der Waals surface area (Å²) in [5.74, 6) is 0.836. The van der Waals surface area contributed by atoms with Gasteiger partial charge in [-0.25, -0.2) is 0 Å². The molecule has 0 spiro atoms. The highest BCUT2D eigenvalue weighted by Gasteiger charge is 2.29. The summed E-state index contributed by atoms with van der Waals surface area (Å²) in [6.07, 6.45) is 9.88. The predicted octanol–water partition coefficient (Wildman–Crippen LogP) is 4.32. The van der Waals surface area contributed by atoms with Crippen molar-refractivity contribution in [3.8, 4) is 0 Å². The van der Waals surface area contributed by atoms with Crippen molar-refractivity contribution in [2.24, 2.45) is 5.92 Å². The van der Waals surface area contributed by atoms with Crippen molar-refractivity contribution in [2.75, 3.05) is 46.3 Å². The SMILES string of the molecule is CCN(CC1CCN(C2CCN(C)CC2)CC1)C(=O)c1ccc2[nH]c3c(c2c1)CCCC3. The van der Waals surface area contributed by atoms with Crippen molar-refractivity contribution in [3.05, 3.63) is 35.0 Å². The second-order valence-electron chi connectivity index (χ2n) is 10.4. The van der Waals surface area contributed by atoms with Gasteiger partial charge in [0, 0.05) is 41.3 Å². The van der Waals surface area contributed by atoms with Crippen molar-refractivity contribution in [1.29, 1.82) is 0 Å². The summed E-state index contributed by atoms with van der Waals surface area (Å²) in [6, 6.07) is 7.08. The topological polar surface area (TPSA) is 42.6 Å². The maximum absolute atomic E-state index is 13.4. The van der Waals surface area contributed by atoms with E-state index in [1.807, 2.05) is 6.07 Å². The lowest BCUT2D eigenvalue weighted by molar-refractivity contribution is 0.0611. The first-order valence-electron chi connectivity index (χ1n) is 13.0. The van der Waals surface area contributed by atoms with Crippen LogP contribution < -0.4 is 0 Å². The molecule has 3 aliphatic rings. The van der Waals surface area contributed by atoms with Gasteiger partial charge in [0.1, 0.15) is 0 Å². The van der Waals surface area contributed by atoms with Gasteiger partial charge in [-0.05, 0) is 121 Å². The van der Waals surface area contributed by atoms with Gasteiger partial charge in [0.15, 0.2) is 0 Å². The van der Waals surface area contributed by atoms with Crippen LogP contribution in [0.5, 0.6) is 0 Å². The van der Waals surface area contributed by atoms with Gasteiger partial charge in [-0.15, -0.1) is 0 Å². The number of aryl methyl sites for hydroxylation is 2. The fourth-order valence-electron chi connectivity index (χ4n) is 6.25. The Morgan fingerprint density at radius 3 is 2.56 bits per heavy atom.